The Bertz CT molecular complexity index is 533. The Morgan fingerprint density at radius 3 is 2.33 bits per heavy atom. The Labute approximate surface area is 115 Å². The first-order valence-corrected chi connectivity index (χ1v) is 6.21. The molecule has 1 unspecified atom stereocenters. The van der Waals surface area contributed by atoms with Gasteiger partial charge in [-0.25, -0.2) is 4.39 Å². The van der Waals surface area contributed by atoms with Crippen LogP contribution in [-0.4, -0.2) is 0 Å². The fourth-order valence-corrected chi connectivity index (χ4v) is 2.33. The van der Waals surface area contributed by atoms with Gasteiger partial charge in [0.25, 0.3) is 0 Å². The monoisotopic (exact) mass is 283 g/mol. The summed E-state index contributed by atoms with van der Waals surface area (Å²) in [6.07, 6.45) is 0. The van der Waals surface area contributed by atoms with E-state index in [1.807, 2.05) is 13.0 Å². The van der Waals surface area contributed by atoms with Crippen molar-refractivity contribution in [3.63, 3.8) is 0 Å². The van der Waals surface area contributed by atoms with Crippen LogP contribution in [0, 0.1) is 12.7 Å². The van der Waals surface area contributed by atoms with E-state index in [0.717, 1.165) is 5.56 Å². The number of rotatable bonds is 2. The maximum Gasteiger partial charge on any atom is 0.128 e. The van der Waals surface area contributed by atoms with Crippen molar-refractivity contribution in [3.8, 4) is 0 Å². The van der Waals surface area contributed by atoms with E-state index in [1.54, 1.807) is 24.3 Å². The minimum absolute atomic E-state index is 0.325. The van der Waals surface area contributed by atoms with Gasteiger partial charge < -0.3 is 5.73 Å². The molecule has 0 fully saturated rings. The predicted molar refractivity (Wildman–Crippen MR) is 73.6 cm³/mol. The maximum absolute atomic E-state index is 13.8. The average molecular weight is 284 g/mol. The molecule has 0 saturated heterocycles. The molecule has 2 aromatic rings. The lowest BCUT2D eigenvalue weighted by atomic mass is 9.98. The molecule has 0 spiro atoms. The van der Waals surface area contributed by atoms with Gasteiger partial charge in [0.1, 0.15) is 5.82 Å². The van der Waals surface area contributed by atoms with Crippen LogP contribution >= 0.6 is 23.2 Å². The van der Waals surface area contributed by atoms with Crippen LogP contribution in [0.2, 0.25) is 10.0 Å². The third-order valence-corrected chi connectivity index (χ3v) is 3.35. The van der Waals surface area contributed by atoms with Crippen LogP contribution in [0.1, 0.15) is 22.7 Å². The largest absolute Gasteiger partial charge is 0.320 e. The zero-order chi connectivity index (χ0) is 13.3. The van der Waals surface area contributed by atoms with Crippen LogP contribution in [0.15, 0.2) is 36.4 Å². The summed E-state index contributed by atoms with van der Waals surface area (Å²) in [6.45, 7) is 1.83. The summed E-state index contributed by atoms with van der Waals surface area (Å²) >= 11 is 11.9. The first-order chi connectivity index (χ1) is 8.49. The number of nitrogens with two attached hydrogens (primary N) is 1. The number of hydrogen-bond donors (Lipinski definition) is 1. The third-order valence-electron chi connectivity index (χ3n) is 2.79. The maximum atomic E-state index is 13.8. The van der Waals surface area contributed by atoms with Gasteiger partial charge in [0.2, 0.25) is 0 Å². The first-order valence-electron chi connectivity index (χ1n) is 5.45. The van der Waals surface area contributed by atoms with E-state index in [2.05, 4.69) is 0 Å². The van der Waals surface area contributed by atoms with Crippen molar-refractivity contribution in [2.24, 2.45) is 5.73 Å². The molecule has 0 saturated carbocycles. The van der Waals surface area contributed by atoms with Gasteiger partial charge in [-0.15, -0.1) is 0 Å². The highest BCUT2D eigenvalue weighted by atomic mass is 35.5. The van der Waals surface area contributed by atoms with Crippen LogP contribution in [0.3, 0.4) is 0 Å². The van der Waals surface area contributed by atoms with Gasteiger partial charge in [0.15, 0.2) is 0 Å². The second kappa shape index (κ2) is 5.27. The van der Waals surface area contributed by atoms with E-state index in [-0.39, 0.29) is 5.82 Å². The summed E-state index contributed by atoms with van der Waals surface area (Å²) in [5.41, 5.74) is 7.98. The van der Waals surface area contributed by atoms with Gasteiger partial charge in [0.05, 0.1) is 6.04 Å². The first kappa shape index (κ1) is 13.3. The van der Waals surface area contributed by atoms with E-state index in [4.69, 9.17) is 28.9 Å². The zero-order valence-corrected chi connectivity index (χ0v) is 11.3. The quantitative estimate of drug-likeness (QED) is 0.864. The molecular formula is C14H12Cl2FN. The summed E-state index contributed by atoms with van der Waals surface area (Å²) in [7, 11) is 0. The van der Waals surface area contributed by atoms with Crippen LogP contribution in [-0.2, 0) is 0 Å². The predicted octanol–water partition coefficient (Wildman–Crippen LogP) is 4.49. The van der Waals surface area contributed by atoms with Crippen LogP contribution < -0.4 is 5.73 Å². The Hall–Kier alpha value is -1.09. The number of aryl methyl sites for hydroxylation is 1. The summed E-state index contributed by atoms with van der Waals surface area (Å²) in [4.78, 5) is 0. The molecular weight excluding hydrogens is 272 g/mol. The van der Waals surface area contributed by atoms with Crippen LogP contribution in [0.4, 0.5) is 4.39 Å². The van der Waals surface area contributed by atoms with Crippen molar-refractivity contribution in [1.82, 2.24) is 0 Å². The standard InChI is InChI=1S/C14H12Cl2FN/c1-8-2-4-11(13(17)6-8)14(18)10-5-3-9(15)7-12(10)16/h2-7,14H,18H2,1H3. The molecule has 18 heavy (non-hydrogen) atoms. The molecule has 0 aromatic heterocycles. The van der Waals surface area contributed by atoms with Gasteiger partial charge in [-0.2, -0.15) is 0 Å². The highest BCUT2D eigenvalue weighted by molar-refractivity contribution is 6.35. The molecule has 2 rings (SSSR count). The number of benzene rings is 2. The smallest absolute Gasteiger partial charge is 0.128 e. The molecule has 0 aliphatic heterocycles. The van der Waals surface area contributed by atoms with Crippen LogP contribution in [0.25, 0.3) is 0 Å². The molecule has 0 heterocycles. The molecule has 0 amide bonds. The van der Waals surface area contributed by atoms with Gasteiger partial charge in [-0.05, 0) is 36.2 Å². The zero-order valence-electron chi connectivity index (χ0n) is 9.75. The molecule has 0 radical (unpaired) electrons. The SMILES string of the molecule is Cc1ccc(C(N)c2ccc(Cl)cc2Cl)c(F)c1. The minimum atomic E-state index is -0.602. The van der Waals surface area contributed by atoms with Crippen molar-refractivity contribution in [2.45, 2.75) is 13.0 Å². The van der Waals surface area contributed by atoms with Gasteiger partial charge in [0, 0.05) is 15.6 Å². The van der Waals surface area contributed by atoms with Gasteiger partial charge in [-0.1, -0.05) is 41.4 Å². The number of halogens is 3. The van der Waals surface area contributed by atoms with Crippen molar-refractivity contribution in [1.29, 1.82) is 0 Å². The fourth-order valence-electron chi connectivity index (χ4n) is 1.81. The lowest BCUT2D eigenvalue weighted by Crippen LogP contribution is -2.14. The molecule has 1 nitrogen and oxygen atoms in total. The lowest BCUT2D eigenvalue weighted by molar-refractivity contribution is 0.598. The molecule has 0 aliphatic carbocycles. The number of hydrogen-bond acceptors (Lipinski definition) is 1. The van der Waals surface area contributed by atoms with Crippen molar-refractivity contribution in [2.75, 3.05) is 0 Å². The molecule has 1 atom stereocenters. The molecule has 2 N–H and O–H groups in total. The Morgan fingerprint density at radius 1 is 1.06 bits per heavy atom. The van der Waals surface area contributed by atoms with E-state index < -0.39 is 6.04 Å². The summed E-state index contributed by atoms with van der Waals surface area (Å²) < 4.78 is 13.8. The average Bonchev–Trinajstić information content (AvgIpc) is 2.28. The molecule has 0 bridgehead atoms. The van der Waals surface area contributed by atoms with Crippen molar-refractivity contribution in [3.05, 3.63) is 69.0 Å². The molecule has 2 aromatic carbocycles. The Morgan fingerprint density at radius 2 is 1.72 bits per heavy atom. The third kappa shape index (κ3) is 2.66. The van der Waals surface area contributed by atoms with Crippen LogP contribution in [0.5, 0.6) is 0 Å². The molecule has 4 heteroatoms. The molecule has 94 valence electrons. The van der Waals surface area contributed by atoms with E-state index in [1.165, 1.54) is 6.07 Å². The Kier molecular flexibility index (Phi) is 3.91. The van der Waals surface area contributed by atoms with Crippen molar-refractivity contribution < 1.29 is 4.39 Å². The second-order valence-electron chi connectivity index (χ2n) is 4.17. The minimum Gasteiger partial charge on any atom is -0.320 e. The van der Waals surface area contributed by atoms with Gasteiger partial charge >= 0.3 is 0 Å². The summed E-state index contributed by atoms with van der Waals surface area (Å²) in [6, 6.07) is 9.37. The second-order valence-corrected chi connectivity index (χ2v) is 5.01. The fraction of sp³-hybridized carbons (Fsp3) is 0.143. The van der Waals surface area contributed by atoms with E-state index in [9.17, 15) is 4.39 Å². The lowest BCUT2D eigenvalue weighted by Gasteiger charge is -2.15. The van der Waals surface area contributed by atoms with E-state index >= 15 is 0 Å². The van der Waals surface area contributed by atoms with Crippen molar-refractivity contribution >= 4 is 23.2 Å². The highest BCUT2D eigenvalue weighted by Gasteiger charge is 2.16. The van der Waals surface area contributed by atoms with E-state index in [0.29, 0.717) is 21.2 Å². The molecule has 0 aliphatic rings. The normalized spacial score (nSPS) is 12.5. The summed E-state index contributed by atoms with van der Waals surface area (Å²) in [5.74, 6) is -0.325. The highest BCUT2D eigenvalue weighted by Crippen LogP contribution is 2.30. The van der Waals surface area contributed by atoms with Gasteiger partial charge in [-0.3, -0.25) is 0 Å². The topological polar surface area (TPSA) is 26.0 Å². The Balaban J connectivity index is 2.44. The summed E-state index contributed by atoms with van der Waals surface area (Å²) in [5, 5.41) is 0.968.